The molecule has 2 aromatic heterocycles. The largest absolute Gasteiger partial charge is 0.332 e. The minimum absolute atomic E-state index is 0.121. The van der Waals surface area contributed by atoms with E-state index in [9.17, 15) is 4.79 Å². The van der Waals surface area contributed by atoms with E-state index in [1.165, 1.54) is 5.56 Å². The highest BCUT2D eigenvalue weighted by atomic mass is 16.5. The van der Waals surface area contributed by atoms with Crippen molar-refractivity contribution in [2.45, 2.75) is 27.3 Å². The summed E-state index contributed by atoms with van der Waals surface area (Å²) in [5.41, 5.74) is 7.37. The van der Waals surface area contributed by atoms with Crippen LogP contribution in [-0.2, 0) is 6.54 Å². The molecule has 0 aliphatic heterocycles. The van der Waals surface area contributed by atoms with Crippen molar-refractivity contribution < 1.29 is 9.32 Å². The van der Waals surface area contributed by atoms with E-state index in [0.29, 0.717) is 29.5 Å². The van der Waals surface area contributed by atoms with Gasteiger partial charge in [-0.3, -0.25) is 4.79 Å². The van der Waals surface area contributed by atoms with Crippen LogP contribution in [0.15, 0.2) is 83.8 Å². The maximum Gasteiger partial charge on any atom is 0.278 e. The van der Waals surface area contributed by atoms with Crippen molar-refractivity contribution in [2.24, 2.45) is 0 Å². The molecule has 0 fully saturated rings. The van der Waals surface area contributed by atoms with Gasteiger partial charge in [-0.25, -0.2) is 4.98 Å². The predicted molar refractivity (Wildman–Crippen MR) is 135 cm³/mol. The van der Waals surface area contributed by atoms with Crippen molar-refractivity contribution in [2.75, 3.05) is 5.32 Å². The van der Waals surface area contributed by atoms with E-state index in [-0.39, 0.29) is 5.91 Å². The number of hydrogen-bond acceptors (Lipinski definition) is 5. The highest BCUT2D eigenvalue weighted by Gasteiger charge is 2.14. The molecular formula is C28H25N5O2. The summed E-state index contributed by atoms with van der Waals surface area (Å²) in [5, 5.41) is 7.07. The molecule has 0 radical (unpaired) electrons. The predicted octanol–water partition coefficient (Wildman–Crippen LogP) is 5.83. The average Bonchev–Trinajstić information content (AvgIpc) is 3.52. The molecule has 7 heteroatoms. The number of nitrogens with one attached hydrogen (secondary N) is 1. The van der Waals surface area contributed by atoms with Gasteiger partial charge in [-0.05, 0) is 67.3 Å². The van der Waals surface area contributed by atoms with Crippen LogP contribution >= 0.6 is 0 Å². The van der Waals surface area contributed by atoms with Crippen LogP contribution in [0.5, 0.6) is 0 Å². The van der Waals surface area contributed by atoms with E-state index >= 15 is 0 Å². The first kappa shape index (κ1) is 22.3. The Hall–Kier alpha value is -4.52. The smallest absolute Gasteiger partial charge is 0.278 e. The fourth-order valence-electron chi connectivity index (χ4n) is 3.81. The number of aryl methyl sites for hydroxylation is 3. The maximum atomic E-state index is 12.6. The molecule has 0 bridgehead atoms. The minimum Gasteiger partial charge on any atom is -0.332 e. The number of rotatable bonds is 6. The summed E-state index contributed by atoms with van der Waals surface area (Å²) in [7, 11) is 0. The molecule has 1 N–H and O–H groups in total. The summed E-state index contributed by atoms with van der Waals surface area (Å²) in [5.74, 6) is 0.808. The number of hydrogen-bond donors (Lipinski definition) is 1. The lowest BCUT2D eigenvalue weighted by atomic mass is 10.1. The molecule has 0 saturated carbocycles. The van der Waals surface area contributed by atoms with E-state index in [1.54, 1.807) is 6.33 Å². The molecule has 0 aliphatic rings. The zero-order valence-corrected chi connectivity index (χ0v) is 19.8. The second-order valence-corrected chi connectivity index (χ2v) is 8.62. The van der Waals surface area contributed by atoms with Crippen LogP contribution in [-0.4, -0.2) is 25.6 Å². The third-order valence-corrected chi connectivity index (χ3v) is 6.01. The fourth-order valence-corrected chi connectivity index (χ4v) is 3.81. The van der Waals surface area contributed by atoms with Crippen molar-refractivity contribution in [1.29, 1.82) is 0 Å². The Morgan fingerprint density at radius 3 is 2.51 bits per heavy atom. The molecule has 5 aromatic rings. The van der Waals surface area contributed by atoms with Crippen LogP contribution in [0.4, 0.5) is 5.69 Å². The van der Waals surface area contributed by atoms with Gasteiger partial charge in [0.15, 0.2) is 0 Å². The molecule has 35 heavy (non-hydrogen) atoms. The molecule has 174 valence electrons. The highest BCUT2D eigenvalue weighted by molar-refractivity contribution is 6.04. The number of anilines is 1. The molecule has 7 nitrogen and oxygen atoms in total. The number of aromatic nitrogens is 4. The molecule has 0 unspecified atom stereocenters. The first-order valence-corrected chi connectivity index (χ1v) is 11.4. The Labute approximate surface area is 203 Å². The second-order valence-electron chi connectivity index (χ2n) is 8.62. The van der Waals surface area contributed by atoms with Gasteiger partial charge in [0.2, 0.25) is 5.82 Å². The first-order chi connectivity index (χ1) is 17.0. The third-order valence-electron chi connectivity index (χ3n) is 6.01. The van der Waals surface area contributed by atoms with Crippen LogP contribution in [0.2, 0.25) is 0 Å². The van der Waals surface area contributed by atoms with Gasteiger partial charge < -0.3 is 14.4 Å². The van der Waals surface area contributed by atoms with Gasteiger partial charge in [0.25, 0.3) is 11.8 Å². The summed E-state index contributed by atoms with van der Waals surface area (Å²) in [6.45, 7) is 6.67. The van der Waals surface area contributed by atoms with E-state index < -0.39 is 0 Å². The highest BCUT2D eigenvalue weighted by Crippen LogP contribution is 2.24. The van der Waals surface area contributed by atoms with E-state index in [1.807, 2.05) is 98.3 Å². The number of nitrogens with zero attached hydrogens (tertiary/aromatic N) is 4. The van der Waals surface area contributed by atoms with Crippen LogP contribution < -0.4 is 5.32 Å². The Kier molecular flexibility index (Phi) is 5.97. The van der Waals surface area contributed by atoms with E-state index in [2.05, 4.69) is 20.4 Å². The van der Waals surface area contributed by atoms with Crippen molar-refractivity contribution >= 4 is 11.6 Å². The third kappa shape index (κ3) is 4.89. The lowest BCUT2D eigenvalue weighted by Crippen LogP contribution is -2.12. The quantitative estimate of drug-likeness (QED) is 0.343. The van der Waals surface area contributed by atoms with Gasteiger partial charge >= 0.3 is 0 Å². The summed E-state index contributed by atoms with van der Waals surface area (Å²) in [4.78, 5) is 21.5. The average molecular weight is 464 g/mol. The normalized spacial score (nSPS) is 10.9. The summed E-state index contributed by atoms with van der Waals surface area (Å²) in [6.07, 6.45) is 3.62. The van der Waals surface area contributed by atoms with Crippen molar-refractivity contribution in [1.82, 2.24) is 19.7 Å². The van der Waals surface area contributed by atoms with Crippen LogP contribution in [0.25, 0.3) is 23.0 Å². The van der Waals surface area contributed by atoms with Gasteiger partial charge in [-0.2, -0.15) is 4.98 Å². The number of benzene rings is 3. The van der Waals surface area contributed by atoms with Crippen LogP contribution in [0, 0.1) is 20.8 Å². The molecule has 0 atom stereocenters. The fraction of sp³-hybridized carbons (Fsp3) is 0.143. The van der Waals surface area contributed by atoms with Gasteiger partial charge in [-0.1, -0.05) is 47.6 Å². The number of amides is 1. The van der Waals surface area contributed by atoms with Crippen LogP contribution in [0.1, 0.15) is 32.6 Å². The van der Waals surface area contributed by atoms with E-state index in [0.717, 1.165) is 27.9 Å². The standard InChI is InChI=1S/C28H25N5O2/c1-18-8-11-22(14-20(18)3)27(34)30-23-12-9-21(10-13-23)15-33-16-25(29-17-33)28-31-26(32-35-28)24-7-5-4-6-19(24)2/h4-14,16-17H,15H2,1-3H3,(H,30,34). The molecular weight excluding hydrogens is 438 g/mol. The maximum absolute atomic E-state index is 12.6. The van der Waals surface area contributed by atoms with Crippen LogP contribution in [0.3, 0.4) is 0 Å². The molecule has 3 aromatic carbocycles. The van der Waals surface area contributed by atoms with Gasteiger partial charge in [0.1, 0.15) is 5.69 Å². The van der Waals surface area contributed by atoms with Gasteiger partial charge in [-0.15, -0.1) is 0 Å². The minimum atomic E-state index is -0.121. The summed E-state index contributed by atoms with van der Waals surface area (Å²) < 4.78 is 7.40. The Bertz CT molecular complexity index is 1500. The zero-order chi connectivity index (χ0) is 24.4. The van der Waals surface area contributed by atoms with Gasteiger partial charge in [0, 0.05) is 29.6 Å². The zero-order valence-electron chi connectivity index (χ0n) is 19.8. The monoisotopic (exact) mass is 463 g/mol. The molecule has 0 saturated heterocycles. The lowest BCUT2D eigenvalue weighted by molar-refractivity contribution is 0.102. The summed E-state index contributed by atoms with van der Waals surface area (Å²) >= 11 is 0. The molecule has 2 heterocycles. The Balaban J connectivity index is 1.24. The summed E-state index contributed by atoms with van der Waals surface area (Å²) in [6, 6.07) is 21.4. The SMILES string of the molecule is Cc1ccc(C(=O)Nc2ccc(Cn3cnc(-c4nc(-c5ccccc5C)no4)c3)cc2)cc1C. The molecule has 1 amide bonds. The topological polar surface area (TPSA) is 85.8 Å². The first-order valence-electron chi connectivity index (χ1n) is 11.4. The number of carbonyl (C=O) groups is 1. The number of imidazole rings is 1. The van der Waals surface area contributed by atoms with Crippen molar-refractivity contribution in [3.63, 3.8) is 0 Å². The Morgan fingerprint density at radius 2 is 1.74 bits per heavy atom. The lowest BCUT2D eigenvalue weighted by Gasteiger charge is -2.08. The second kappa shape index (κ2) is 9.38. The molecule has 5 rings (SSSR count). The van der Waals surface area contributed by atoms with Crippen molar-refractivity contribution in [3.05, 3.63) is 107 Å². The Morgan fingerprint density at radius 1 is 0.943 bits per heavy atom. The van der Waals surface area contributed by atoms with Crippen molar-refractivity contribution in [3.8, 4) is 23.0 Å². The molecule has 0 spiro atoms. The molecule has 0 aliphatic carbocycles. The van der Waals surface area contributed by atoms with E-state index in [4.69, 9.17) is 4.52 Å². The van der Waals surface area contributed by atoms with Gasteiger partial charge in [0.05, 0.1) is 6.33 Å². The number of carbonyl (C=O) groups excluding carboxylic acids is 1.